The molecule has 1 heterocycles. The number of aromatic nitrogens is 3. The number of hydrogen-bond donors (Lipinski definition) is 5. The molecule has 0 bridgehead atoms. The van der Waals surface area contributed by atoms with Crippen LogP contribution < -0.4 is 11.1 Å². The topological polar surface area (TPSA) is 154 Å². The first-order valence-electron chi connectivity index (χ1n) is 3.87. The van der Waals surface area contributed by atoms with Crippen molar-refractivity contribution < 1.29 is 19.8 Å². The fourth-order valence-electron chi connectivity index (χ4n) is 0.788. The molecule has 0 spiro atoms. The smallest absolute Gasteiger partial charge is 0.328 e. The maximum Gasteiger partial charge on any atom is 0.328 e. The van der Waals surface area contributed by atoms with Crippen LogP contribution in [0.25, 0.3) is 0 Å². The van der Waals surface area contributed by atoms with Gasteiger partial charge in [-0.15, -0.1) is 5.10 Å². The Kier molecular flexibility index (Phi) is 3.18. The number of aliphatic hydroxyl groups is 1. The van der Waals surface area contributed by atoms with Crippen molar-refractivity contribution in [3.05, 3.63) is 5.82 Å². The molecule has 6 N–H and O–H groups in total. The SMILES string of the molecule is Nc1n[nH]c(C(=O)N[C@@H](CO)C(=O)O)n1. The molecule has 0 aliphatic rings. The van der Waals surface area contributed by atoms with Crippen LogP contribution >= 0.6 is 0 Å². The van der Waals surface area contributed by atoms with Crippen LogP contribution in [-0.2, 0) is 4.79 Å². The molecule has 0 saturated carbocycles. The number of aromatic amines is 1. The molecule has 82 valence electrons. The van der Waals surface area contributed by atoms with Crippen LogP contribution in [-0.4, -0.2) is 49.9 Å². The Morgan fingerprint density at radius 3 is 2.67 bits per heavy atom. The highest BCUT2D eigenvalue weighted by atomic mass is 16.4. The lowest BCUT2D eigenvalue weighted by Crippen LogP contribution is -2.43. The molecule has 0 radical (unpaired) electrons. The number of rotatable bonds is 4. The maximum absolute atomic E-state index is 11.3. The molecule has 0 unspecified atom stereocenters. The second-order valence-electron chi connectivity index (χ2n) is 2.59. The van der Waals surface area contributed by atoms with E-state index < -0.39 is 24.5 Å². The molecule has 1 amide bonds. The van der Waals surface area contributed by atoms with Gasteiger partial charge in [0.15, 0.2) is 6.04 Å². The van der Waals surface area contributed by atoms with Gasteiger partial charge in [0.25, 0.3) is 5.91 Å². The van der Waals surface area contributed by atoms with Gasteiger partial charge in [-0.3, -0.25) is 9.89 Å². The molecule has 15 heavy (non-hydrogen) atoms. The van der Waals surface area contributed by atoms with Gasteiger partial charge in [-0.05, 0) is 0 Å². The molecule has 1 rings (SSSR count). The number of nitrogens with one attached hydrogen (secondary N) is 2. The van der Waals surface area contributed by atoms with Gasteiger partial charge in [0.2, 0.25) is 11.8 Å². The molecular formula is C6H9N5O4. The summed E-state index contributed by atoms with van der Waals surface area (Å²) >= 11 is 0. The van der Waals surface area contributed by atoms with Crippen LogP contribution in [0.15, 0.2) is 0 Å². The molecule has 0 aliphatic carbocycles. The first-order valence-corrected chi connectivity index (χ1v) is 3.87. The van der Waals surface area contributed by atoms with E-state index in [2.05, 4.69) is 15.2 Å². The largest absolute Gasteiger partial charge is 0.480 e. The maximum atomic E-state index is 11.3. The van der Waals surface area contributed by atoms with Crippen LogP contribution in [0.3, 0.4) is 0 Å². The van der Waals surface area contributed by atoms with E-state index in [1.54, 1.807) is 0 Å². The highest BCUT2D eigenvalue weighted by Crippen LogP contribution is 1.94. The molecule has 9 heteroatoms. The van der Waals surface area contributed by atoms with Crippen LogP contribution in [0.2, 0.25) is 0 Å². The number of nitrogen functional groups attached to an aromatic ring is 1. The quantitative estimate of drug-likeness (QED) is 0.373. The second kappa shape index (κ2) is 4.37. The zero-order valence-electron chi connectivity index (χ0n) is 7.47. The number of aliphatic hydroxyl groups excluding tert-OH is 1. The van der Waals surface area contributed by atoms with Crippen molar-refractivity contribution in [1.82, 2.24) is 20.5 Å². The Labute approximate surface area is 83.3 Å². The Morgan fingerprint density at radius 2 is 2.27 bits per heavy atom. The van der Waals surface area contributed by atoms with Gasteiger partial charge in [0, 0.05) is 0 Å². The van der Waals surface area contributed by atoms with Crippen LogP contribution in [0.4, 0.5) is 5.95 Å². The van der Waals surface area contributed by atoms with Gasteiger partial charge in [0.1, 0.15) is 0 Å². The fourth-order valence-corrected chi connectivity index (χ4v) is 0.788. The van der Waals surface area contributed by atoms with Crippen LogP contribution in [0.1, 0.15) is 10.6 Å². The van der Waals surface area contributed by atoms with Gasteiger partial charge in [-0.25, -0.2) is 4.79 Å². The Bertz CT molecular complexity index is 375. The lowest BCUT2D eigenvalue weighted by atomic mass is 10.3. The van der Waals surface area contributed by atoms with Crippen molar-refractivity contribution >= 4 is 17.8 Å². The zero-order valence-corrected chi connectivity index (χ0v) is 7.47. The molecule has 0 saturated heterocycles. The number of amides is 1. The molecule has 1 atom stereocenters. The van der Waals surface area contributed by atoms with Gasteiger partial charge >= 0.3 is 5.97 Å². The number of nitrogens with zero attached hydrogens (tertiary/aromatic N) is 2. The first kappa shape index (κ1) is 10.9. The minimum atomic E-state index is -1.39. The van der Waals surface area contributed by atoms with Crippen molar-refractivity contribution in [2.75, 3.05) is 12.3 Å². The third kappa shape index (κ3) is 2.64. The van der Waals surface area contributed by atoms with Gasteiger partial charge < -0.3 is 21.3 Å². The van der Waals surface area contributed by atoms with E-state index >= 15 is 0 Å². The number of hydrogen-bond acceptors (Lipinski definition) is 6. The molecule has 9 nitrogen and oxygen atoms in total. The number of aliphatic carboxylic acids is 1. The minimum absolute atomic E-state index is 0.129. The van der Waals surface area contributed by atoms with Gasteiger partial charge in [-0.1, -0.05) is 0 Å². The molecule has 0 aromatic carbocycles. The molecule has 0 aliphatic heterocycles. The summed E-state index contributed by atoms with van der Waals surface area (Å²) in [5.74, 6) is -2.50. The number of carboxylic acids is 1. The number of carbonyl (C=O) groups excluding carboxylic acids is 1. The van der Waals surface area contributed by atoms with Crippen molar-refractivity contribution in [3.8, 4) is 0 Å². The van der Waals surface area contributed by atoms with E-state index in [9.17, 15) is 9.59 Å². The highest BCUT2D eigenvalue weighted by Gasteiger charge is 2.21. The summed E-state index contributed by atoms with van der Waals surface area (Å²) < 4.78 is 0. The summed E-state index contributed by atoms with van der Waals surface area (Å²) in [4.78, 5) is 25.2. The first-order chi connectivity index (χ1) is 7.04. The van der Waals surface area contributed by atoms with Crippen LogP contribution in [0, 0.1) is 0 Å². The van der Waals surface area contributed by atoms with Gasteiger partial charge in [-0.2, -0.15) is 4.98 Å². The Hall–Kier alpha value is -2.16. The average Bonchev–Trinajstić information content (AvgIpc) is 2.60. The van der Waals surface area contributed by atoms with E-state index in [0.717, 1.165) is 0 Å². The van der Waals surface area contributed by atoms with E-state index in [1.807, 2.05) is 5.32 Å². The third-order valence-corrected chi connectivity index (χ3v) is 1.50. The summed E-state index contributed by atoms with van der Waals surface area (Å²) in [6, 6.07) is -1.39. The molecule has 1 aromatic heterocycles. The normalized spacial score (nSPS) is 12.1. The van der Waals surface area contributed by atoms with E-state index in [-0.39, 0.29) is 11.8 Å². The number of carbonyl (C=O) groups is 2. The predicted molar refractivity (Wildman–Crippen MR) is 46.8 cm³/mol. The minimum Gasteiger partial charge on any atom is -0.480 e. The molecule has 1 aromatic rings. The lowest BCUT2D eigenvalue weighted by Gasteiger charge is -2.09. The van der Waals surface area contributed by atoms with E-state index in [0.29, 0.717) is 0 Å². The van der Waals surface area contributed by atoms with Gasteiger partial charge in [0.05, 0.1) is 6.61 Å². The average molecular weight is 215 g/mol. The van der Waals surface area contributed by atoms with Crippen LogP contribution in [0.5, 0.6) is 0 Å². The third-order valence-electron chi connectivity index (χ3n) is 1.50. The second-order valence-corrected chi connectivity index (χ2v) is 2.59. The number of anilines is 1. The van der Waals surface area contributed by atoms with Crippen molar-refractivity contribution in [3.63, 3.8) is 0 Å². The lowest BCUT2D eigenvalue weighted by molar-refractivity contribution is -0.140. The zero-order chi connectivity index (χ0) is 11.4. The van der Waals surface area contributed by atoms with Crippen molar-refractivity contribution in [1.29, 1.82) is 0 Å². The standard InChI is InChI=1S/C6H9N5O4/c7-6-9-3(10-11-6)4(13)8-2(1-12)5(14)15/h2,12H,1H2,(H,8,13)(H,14,15)(H3,7,9,10,11)/t2-/m0/s1. The summed E-state index contributed by atoms with van der Waals surface area (Å²) in [5, 5.41) is 24.8. The van der Waals surface area contributed by atoms with E-state index in [4.69, 9.17) is 15.9 Å². The molecule has 0 fully saturated rings. The monoisotopic (exact) mass is 215 g/mol. The number of nitrogens with two attached hydrogens (primary N) is 1. The number of H-pyrrole nitrogens is 1. The Balaban J connectivity index is 2.66. The number of carboxylic acid groups (broad SMARTS) is 1. The van der Waals surface area contributed by atoms with Crippen molar-refractivity contribution in [2.24, 2.45) is 0 Å². The highest BCUT2D eigenvalue weighted by molar-refractivity contribution is 5.93. The summed E-state index contributed by atoms with van der Waals surface area (Å²) in [6.45, 7) is -0.718. The van der Waals surface area contributed by atoms with E-state index in [1.165, 1.54) is 0 Å². The summed E-state index contributed by atoms with van der Waals surface area (Å²) in [5.41, 5.74) is 5.14. The van der Waals surface area contributed by atoms with Crippen molar-refractivity contribution in [2.45, 2.75) is 6.04 Å². The fraction of sp³-hybridized carbons (Fsp3) is 0.333. The Morgan fingerprint density at radius 1 is 1.60 bits per heavy atom. The predicted octanol–water partition coefficient (Wildman–Crippen LogP) is -2.44. The molecular weight excluding hydrogens is 206 g/mol. The summed E-state index contributed by atoms with van der Waals surface area (Å²) in [6.07, 6.45) is 0. The summed E-state index contributed by atoms with van der Waals surface area (Å²) in [7, 11) is 0.